The van der Waals surface area contributed by atoms with E-state index in [1.807, 2.05) is 7.05 Å². The summed E-state index contributed by atoms with van der Waals surface area (Å²) < 4.78 is 0. The summed E-state index contributed by atoms with van der Waals surface area (Å²) in [6, 6.07) is 0. The van der Waals surface area contributed by atoms with Crippen LogP contribution in [0.25, 0.3) is 0 Å². The molecule has 4 nitrogen and oxygen atoms in total. The van der Waals surface area contributed by atoms with Crippen molar-refractivity contribution in [2.75, 3.05) is 30.4 Å². The van der Waals surface area contributed by atoms with E-state index >= 15 is 0 Å². The van der Waals surface area contributed by atoms with Gasteiger partial charge in [0.25, 0.3) is 0 Å². The highest BCUT2D eigenvalue weighted by atomic mass is 15.2. The summed E-state index contributed by atoms with van der Waals surface area (Å²) in [5, 5.41) is 3.09. The molecule has 1 unspecified atom stereocenters. The van der Waals surface area contributed by atoms with Gasteiger partial charge in [0.15, 0.2) is 0 Å². The third-order valence-electron chi connectivity index (χ3n) is 3.02. The van der Waals surface area contributed by atoms with Gasteiger partial charge in [-0.25, -0.2) is 9.97 Å². The van der Waals surface area contributed by atoms with Crippen LogP contribution in [-0.4, -0.2) is 30.1 Å². The number of rotatable bonds is 2. The first-order valence-electron chi connectivity index (χ1n) is 5.46. The SMILES string of the molecule is CNc1ncnc(N2CCC(C)C2)c1C. The minimum Gasteiger partial charge on any atom is -0.373 e. The van der Waals surface area contributed by atoms with Gasteiger partial charge in [-0.1, -0.05) is 6.92 Å². The Morgan fingerprint density at radius 2 is 2.27 bits per heavy atom. The molecule has 82 valence electrons. The Kier molecular flexibility index (Phi) is 2.75. The third kappa shape index (κ3) is 1.89. The van der Waals surface area contributed by atoms with Gasteiger partial charge in [0.1, 0.15) is 18.0 Å². The predicted octanol–water partition coefficient (Wildman–Crippen LogP) is 1.67. The van der Waals surface area contributed by atoms with Crippen molar-refractivity contribution in [3.05, 3.63) is 11.9 Å². The molecule has 1 atom stereocenters. The molecule has 1 aromatic heterocycles. The fraction of sp³-hybridized carbons (Fsp3) is 0.636. The molecule has 2 heterocycles. The molecular weight excluding hydrogens is 188 g/mol. The minimum atomic E-state index is 0.775. The lowest BCUT2D eigenvalue weighted by Gasteiger charge is -2.19. The molecule has 0 aromatic carbocycles. The van der Waals surface area contributed by atoms with E-state index in [1.165, 1.54) is 6.42 Å². The Bertz CT molecular complexity index is 350. The van der Waals surface area contributed by atoms with Gasteiger partial charge in [-0.2, -0.15) is 0 Å². The molecule has 0 spiro atoms. The Balaban J connectivity index is 2.28. The zero-order valence-electron chi connectivity index (χ0n) is 9.62. The van der Waals surface area contributed by atoms with E-state index in [4.69, 9.17) is 0 Å². The van der Waals surface area contributed by atoms with Crippen LogP contribution in [0.2, 0.25) is 0 Å². The van der Waals surface area contributed by atoms with Crippen LogP contribution in [0.1, 0.15) is 18.9 Å². The molecule has 0 saturated carbocycles. The van der Waals surface area contributed by atoms with Gasteiger partial charge in [0, 0.05) is 25.7 Å². The van der Waals surface area contributed by atoms with Crippen LogP contribution < -0.4 is 10.2 Å². The summed E-state index contributed by atoms with van der Waals surface area (Å²) in [5.41, 5.74) is 1.15. The van der Waals surface area contributed by atoms with Gasteiger partial charge < -0.3 is 10.2 Å². The van der Waals surface area contributed by atoms with E-state index in [2.05, 4.69) is 34.0 Å². The summed E-state index contributed by atoms with van der Waals surface area (Å²) >= 11 is 0. The van der Waals surface area contributed by atoms with E-state index in [9.17, 15) is 0 Å². The smallest absolute Gasteiger partial charge is 0.137 e. The van der Waals surface area contributed by atoms with Crippen molar-refractivity contribution in [2.45, 2.75) is 20.3 Å². The number of anilines is 2. The molecule has 2 rings (SSSR count). The highest BCUT2D eigenvalue weighted by Gasteiger charge is 2.22. The minimum absolute atomic E-state index is 0.775. The summed E-state index contributed by atoms with van der Waals surface area (Å²) in [7, 11) is 1.89. The number of nitrogens with one attached hydrogen (secondary N) is 1. The summed E-state index contributed by atoms with van der Waals surface area (Å²) in [6.07, 6.45) is 2.90. The standard InChI is InChI=1S/C11H18N4/c1-8-4-5-15(6-8)11-9(2)10(12-3)13-7-14-11/h7-8H,4-6H2,1-3H3,(H,12,13,14). The molecule has 1 aromatic rings. The van der Waals surface area contributed by atoms with Crippen LogP contribution in [0, 0.1) is 12.8 Å². The molecule has 4 heteroatoms. The van der Waals surface area contributed by atoms with Crippen molar-refractivity contribution in [2.24, 2.45) is 5.92 Å². The second-order valence-electron chi connectivity index (χ2n) is 4.26. The number of hydrogen-bond acceptors (Lipinski definition) is 4. The molecule has 1 fully saturated rings. The van der Waals surface area contributed by atoms with Crippen molar-refractivity contribution in [1.29, 1.82) is 0 Å². The fourth-order valence-corrected chi connectivity index (χ4v) is 2.14. The highest BCUT2D eigenvalue weighted by Crippen LogP contribution is 2.26. The van der Waals surface area contributed by atoms with Crippen molar-refractivity contribution < 1.29 is 0 Å². The first-order chi connectivity index (χ1) is 7.22. The largest absolute Gasteiger partial charge is 0.373 e. The van der Waals surface area contributed by atoms with Gasteiger partial charge in [-0.15, -0.1) is 0 Å². The Labute approximate surface area is 90.7 Å². The molecule has 1 aliphatic heterocycles. The van der Waals surface area contributed by atoms with Gasteiger partial charge >= 0.3 is 0 Å². The topological polar surface area (TPSA) is 41.1 Å². The van der Waals surface area contributed by atoms with E-state index in [-0.39, 0.29) is 0 Å². The maximum atomic E-state index is 4.38. The zero-order valence-corrected chi connectivity index (χ0v) is 9.62. The van der Waals surface area contributed by atoms with Crippen molar-refractivity contribution >= 4 is 11.6 Å². The lowest BCUT2D eigenvalue weighted by atomic mass is 10.2. The van der Waals surface area contributed by atoms with Gasteiger partial charge in [0.2, 0.25) is 0 Å². The van der Waals surface area contributed by atoms with Crippen LogP contribution in [-0.2, 0) is 0 Å². The number of aromatic nitrogens is 2. The molecule has 0 bridgehead atoms. The summed E-state index contributed by atoms with van der Waals surface area (Å²) in [6.45, 7) is 6.59. The summed E-state index contributed by atoms with van der Waals surface area (Å²) in [5.74, 6) is 2.79. The van der Waals surface area contributed by atoms with Gasteiger partial charge in [-0.3, -0.25) is 0 Å². The molecule has 1 saturated heterocycles. The monoisotopic (exact) mass is 206 g/mol. The first kappa shape index (κ1) is 10.2. The molecular formula is C11H18N4. The van der Waals surface area contributed by atoms with E-state index in [0.29, 0.717) is 0 Å². The zero-order chi connectivity index (χ0) is 10.8. The van der Waals surface area contributed by atoms with Crippen molar-refractivity contribution in [3.63, 3.8) is 0 Å². The van der Waals surface area contributed by atoms with Gasteiger partial charge in [0.05, 0.1) is 0 Å². The van der Waals surface area contributed by atoms with E-state index in [0.717, 1.165) is 36.2 Å². The molecule has 1 aliphatic rings. The van der Waals surface area contributed by atoms with Crippen molar-refractivity contribution in [3.8, 4) is 0 Å². The molecule has 0 aliphatic carbocycles. The third-order valence-corrected chi connectivity index (χ3v) is 3.02. The molecule has 0 amide bonds. The predicted molar refractivity (Wildman–Crippen MR) is 62.3 cm³/mol. The van der Waals surface area contributed by atoms with E-state index < -0.39 is 0 Å². The average molecular weight is 206 g/mol. The number of nitrogens with zero attached hydrogens (tertiary/aromatic N) is 3. The second kappa shape index (κ2) is 4.04. The Morgan fingerprint density at radius 1 is 1.47 bits per heavy atom. The molecule has 15 heavy (non-hydrogen) atoms. The van der Waals surface area contributed by atoms with Crippen LogP contribution in [0.5, 0.6) is 0 Å². The van der Waals surface area contributed by atoms with Crippen LogP contribution in [0.4, 0.5) is 11.6 Å². The molecule has 1 N–H and O–H groups in total. The fourth-order valence-electron chi connectivity index (χ4n) is 2.14. The highest BCUT2D eigenvalue weighted by molar-refractivity contribution is 5.58. The quantitative estimate of drug-likeness (QED) is 0.799. The van der Waals surface area contributed by atoms with Crippen molar-refractivity contribution in [1.82, 2.24) is 9.97 Å². The first-order valence-corrected chi connectivity index (χ1v) is 5.46. The van der Waals surface area contributed by atoms with Gasteiger partial charge in [-0.05, 0) is 19.3 Å². The Hall–Kier alpha value is -1.32. The second-order valence-corrected chi connectivity index (χ2v) is 4.26. The lowest BCUT2D eigenvalue weighted by molar-refractivity contribution is 0.658. The summed E-state index contributed by atoms with van der Waals surface area (Å²) in [4.78, 5) is 10.9. The maximum Gasteiger partial charge on any atom is 0.137 e. The number of hydrogen-bond donors (Lipinski definition) is 1. The molecule has 0 radical (unpaired) electrons. The van der Waals surface area contributed by atoms with Crippen LogP contribution >= 0.6 is 0 Å². The van der Waals surface area contributed by atoms with E-state index in [1.54, 1.807) is 6.33 Å². The maximum absolute atomic E-state index is 4.38. The Morgan fingerprint density at radius 3 is 2.87 bits per heavy atom. The van der Waals surface area contributed by atoms with Crippen LogP contribution in [0.3, 0.4) is 0 Å². The van der Waals surface area contributed by atoms with Crippen LogP contribution in [0.15, 0.2) is 6.33 Å². The lowest BCUT2D eigenvalue weighted by Crippen LogP contribution is -2.22. The average Bonchev–Trinajstić information content (AvgIpc) is 2.65. The normalized spacial score (nSPS) is 20.7.